The lowest BCUT2D eigenvalue weighted by Gasteiger charge is -2.39. The van der Waals surface area contributed by atoms with Gasteiger partial charge in [-0.15, -0.1) is 0 Å². The fraction of sp³-hybridized carbons (Fsp3) is 0.889. The Hall–Kier alpha value is -1.38. The predicted molar refractivity (Wildman–Crippen MR) is 97.1 cm³/mol. The lowest BCUT2D eigenvalue weighted by Crippen LogP contribution is -2.57. The molecule has 0 aromatic heterocycles. The molecule has 2 saturated heterocycles. The molecular weight excluding hydrogens is 338 g/mol. The zero-order chi connectivity index (χ0) is 19.2. The molecule has 1 unspecified atom stereocenters. The summed E-state index contributed by atoms with van der Waals surface area (Å²) in [4.78, 5) is 30.7. The fourth-order valence-corrected chi connectivity index (χ4v) is 3.15. The van der Waals surface area contributed by atoms with Gasteiger partial charge in [0.2, 0.25) is 0 Å². The number of ether oxygens (including phenoxy) is 3. The van der Waals surface area contributed by atoms with E-state index in [0.717, 1.165) is 26.2 Å². The molecule has 2 aliphatic rings. The van der Waals surface area contributed by atoms with E-state index in [1.165, 1.54) is 0 Å². The minimum Gasteiger partial charge on any atom is -0.465 e. The molecule has 0 saturated carbocycles. The van der Waals surface area contributed by atoms with Crippen molar-refractivity contribution in [3.63, 3.8) is 0 Å². The van der Waals surface area contributed by atoms with E-state index in [4.69, 9.17) is 14.2 Å². The zero-order valence-corrected chi connectivity index (χ0v) is 16.5. The molecule has 2 aliphatic heterocycles. The van der Waals surface area contributed by atoms with Crippen LogP contribution in [0.15, 0.2) is 0 Å². The van der Waals surface area contributed by atoms with Crippen molar-refractivity contribution in [1.82, 2.24) is 14.7 Å². The average Bonchev–Trinajstić information content (AvgIpc) is 2.59. The van der Waals surface area contributed by atoms with Crippen LogP contribution in [-0.2, 0) is 19.0 Å². The third-order valence-electron chi connectivity index (χ3n) is 4.50. The van der Waals surface area contributed by atoms with E-state index in [1.54, 1.807) is 4.90 Å². The second kappa shape index (κ2) is 9.53. The zero-order valence-electron chi connectivity index (χ0n) is 16.5. The first-order valence-corrected chi connectivity index (χ1v) is 9.49. The van der Waals surface area contributed by atoms with Gasteiger partial charge in [0.25, 0.3) is 0 Å². The van der Waals surface area contributed by atoms with Crippen LogP contribution < -0.4 is 0 Å². The van der Waals surface area contributed by atoms with E-state index in [1.807, 2.05) is 27.7 Å². The number of amides is 1. The van der Waals surface area contributed by atoms with Crippen molar-refractivity contribution in [2.75, 3.05) is 65.6 Å². The molecule has 0 aromatic carbocycles. The highest BCUT2D eigenvalue weighted by Gasteiger charge is 2.32. The molecule has 0 N–H and O–H groups in total. The molecule has 2 heterocycles. The van der Waals surface area contributed by atoms with Crippen molar-refractivity contribution in [2.45, 2.75) is 39.3 Å². The first-order valence-electron chi connectivity index (χ1n) is 9.49. The molecule has 0 aromatic rings. The topological polar surface area (TPSA) is 71.5 Å². The second-order valence-electron chi connectivity index (χ2n) is 7.68. The maximum Gasteiger partial charge on any atom is 0.410 e. The Morgan fingerprint density at radius 3 is 2.19 bits per heavy atom. The highest BCUT2D eigenvalue weighted by molar-refractivity contribution is 5.76. The van der Waals surface area contributed by atoms with Crippen molar-refractivity contribution < 1.29 is 23.8 Å². The number of piperazine rings is 1. The first-order chi connectivity index (χ1) is 12.3. The number of hydrogen-bond donors (Lipinski definition) is 0. The average molecular weight is 371 g/mol. The Balaban J connectivity index is 1.87. The lowest BCUT2D eigenvalue weighted by atomic mass is 10.2. The number of nitrogens with zero attached hydrogens (tertiary/aromatic N) is 3. The molecule has 1 amide bonds. The third-order valence-corrected chi connectivity index (χ3v) is 4.50. The summed E-state index contributed by atoms with van der Waals surface area (Å²) in [5.41, 5.74) is -0.487. The third kappa shape index (κ3) is 6.41. The van der Waals surface area contributed by atoms with Crippen molar-refractivity contribution in [3.05, 3.63) is 0 Å². The van der Waals surface area contributed by atoms with E-state index in [-0.39, 0.29) is 18.1 Å². The maximum atomic E-state index is 12.4. The number of hydrogen-bond acceptors (Lipinski definition) is 7. The van der Waals surface area contributed by atoms with Gasteiger partial charge in [0, 0.05) is 45.8 Å². The number of carbonyl (C=O) groups excluding carboxylic acids is 2. The van der Waals surface area contributed by atoms with Gasteiger partial charge in [-0.1, -0.05) is 0 Å². The molecule has 0 spiro atoms. The van der Waals surface area contributed by atoms with Crippen LogP contribution in [0.25, 0.3) is 0 Å². The van der Waals surface area contributed by atoms with Gasteiger partial charge in [0.1, 0.15) is 11.6 Å². The minimum atomic E-state index is -0.487. The highest BCUT2D eigenvalue weighted by Crippen LogP contribution is 2.14. The van der Waals surface area contributed by atoms with Crippen molar-refractivity contribution >= 4 is 12.1 Å². The molecule has 0 radical (unpaired) electrons. The Bertz CT molecular complexity index is 466. The summed E-state index contributed by atoms with van der Waals surface area (Å²) in [7, 11) is 0. The van der Waals surface area contributed by atoms with Crippen LogP contribution in [0.1, 0.15) is 27.7 Å². The van der Waals surface area contributed by atoms with Crippen LogP contribution >= 0.6 is 0 Å². The molecule has 8 nitrogen and oxygen atoms in total. The van der Waals surface area contributed by atoms with Crippen molar-refractivity contribution in [1.29, 1.82) is 0 Å². The molecule has 2 rings (SSSR count). The first kappa shape index (κ1) is 20.9. The lowest BCUT2D eigenvalue weighted by molar-refractivity contribution is -0.152. The largest absolute Gasteiger partial charge is 0.465 e. The number of morpholine rings is 1. The quantitative estimate of drug-likeness (QED) is 0.662. The van der Waals surface area contributed by atoms with Crippen LogP contribution in [0.4, 0.5) is 4.79 Å². The van der Waals surface area contributed by atoms with Crippen LogP contribution in [0.5, 0.6) is 0 Å². The maximum absolute atomic E-state index is 12.4. The van der Waals surface area contributed by atoms with Crippen LogP contribution in [0.3, 0.4) is 0 Å². The number of esters is 1. The van der Waals surface area contributed by atoms with Gasteiger partial charge >= 0.3 is 12.1 Å². The summed E-state index contributed by atoms with van der Waals surface area (Å²) < 4.78 is 16.1. The van der Waals surface area contributed by atoms with Crippen LogP contribution in [0.2, 0.25) is 0 Å². The summed E-state index contributed by atoms with van der Waals surface area (Å²) in [6.07, 6.45) is -0.271. The predicted octanol–water partition coefficient (Wildman–Crippen LogP) is 0.803. The molecule has 26 heavy (non-hydrogen) atoms. The Kier molecular flexibility index (Phi) is 7.67. The molecule has 0 aliphatic carbocycles. The minimum absolute atomic E-state index is 0.177. The summed E-state index contributed by atoms with van der Waals surface area (Å²) >= 11 is 0. The molecule has 1 atom stereocenters. The second-order valence-corrected chi connectivity index (χ2v) is 7.68. The van der Waals surface area contributed by atoms with Gasteiger partial charge < -0.3 is 19.1 Å². The Morgan fingerprint density at radius 2 is 1.65 bits per heavy atom. The van der Waals surface area contributed by atoms with E-state index < -0.39 is 5.60 Å². The fourth-order valence-electron chi connectivity index (χ4n) is 3.15. The molecule has 8 heteroatoms. The van der Waals surface area contributed by atoms with E-state index >= 15 is 0 Å². The van der Waals surface area contributed by atoms with E-state index in [2.05, 4.69) is 9.80 Å². The van der Waals surface area contributed by atoms with Gasteiger partial charge in [0.05, 0.1) is 19.8 Å². The van der Waals surface area contributed by atoms with Gasteiger partial charge in [-0.25, -0.2) is 4.79 Å². The SMILES string of the molecule is CCOC(=O)C(CN1CCN(C(=O)OC(C)(C)C)CC1)N1CCOCC1. The smallest absolute Gasteiger partial charge is 0.410 e. The summed E-state index contributed by atoms with van der Waals surface area (Å²) in [6.45, 7) is 13.8. The normalized spacial score (nSPS) is 21.3. The van der Waals surface area contributed by atoms with Crippen LogP contribution in [-0.4, -0.2) is 104 Å². The van der Waals surface area contributed by atoms with E-state index in [0.29, 0.717) is 39.5 Å². The monoisotopic (exact) mass is 371 g/mol. The van der Waals surface area contributed by atoms with E-state index in [9.17, 15) is 9.59 Å². The summed E-state index contributed by atoms with van der Waals surface area (Å²) in [5.74, 6) is -0.177. The van der Waals surface area contributed by atoms with Gasteiger partial charge in [-0.05, 0) is 27.7 Å². The Morgan fingerprint density at radius 1 is 1.04 bits per heavy atom. The van der Waals surface area contributed by atoms with Crippen molar-refractivity contribution in [3.8, 4) is 0 Å². The van der Waals surface area contributed by atoms with Crippen molar-refractivity contribution in [2.24, 2.45) is 0 Å². The van der Waals surface area contributed by atoms with Gasteiger partial charge in [-0.3, -0.25) is 14.6 Å². The molecule has 150 valence electrons. The van der Waals surface area contributed by atoms with Gasteiger partial charge in [0.15, 0.2) is 0 Å². The van der Waals surface area contributed by atoms with Crippen LogP contribution in [0, 0.1) is 0 Å². The molecule has 2 fully saturated rings. The summed E-state index contributed by atoms with van der Waals surface area (Å²) in [6, 6.07) is -0.285. The number of rotatable bonds is 5. The summed E-state index contributed by atoms with van der Waals surface area (Å²) in [5, 5.41) is 0. The number of carbonyl (C=O) groups is 2. The standard InChI is InChI=1S/C18H33N3O5/c1-5-25-16(22)15(20-10-12-24-13-11-20)14-19-6-8-21(9-7-19)17(23)26-18(2,3)4/h15H,5-14H2,1-4H3. The van der Waals surface area contributed by atoms with Gasteiger partial charge in [-0.2, -0.15) is 0 Å². The molecular formula is C18H33N3O5. The highest BCUT2D eigenvalue weighted by atomic mass is 16.6. The molecule has 0 bridgehead atoms. The Labute approximate surface area is 156 Å².